The lowest BCUT2D eigenvalue weighted by Crippen LogP contribution is -2.23. The van der Waals surface area contributed by atoms with Gasteiger partial charge in [-0.25, -0.2) is 4.39 Å². The summed E-state index contributed by atoms with van der Waals surface area (Å²) in [5.74, 6) is -0.753. The van der Waals surface area contributed by atoms with Gasteiger partial charge >= 0.3 is 0 Å². The van der Waals surface area contributed by atoms with Crippen LogP contribution in [-0.4, -0.2) is 16.3 Å². The van der Waals surface area contributed by atoms with Crippen LogP contribution in [0.1, 0.15) is 18.5 Å². The molecule has 72 valence electrons. The molecule has 0 aliphatic heterocycles. The average molecular weight is 185 g/mol. The molecule has 0 aromatic heterocycles. The fourth-order valence-electron chi connectivity index (χ4n) is 1.07. The summed E-state index contributed by atoms with van der Waals surface area (Å²) in [5, 5.41) is 18.2. The van der Waals surface area contributed by atoms with E-state index in [4.69, 9.17) is 15.9 Å². The molecule has 2 atom stereocenters. The van der Waals surface area contributed by atoms with Gasteiger partial charge in [0.1, 0.15) is 11.6 Å². The van der Waals surface area contributed by atoms with E-state index >= 15 is 0 Å². The predicted molar refractivity (Wildman–Crippen MR) is 46.7 cm³/mol. The third-order valence-corrected chi connectivity index (χ3v) is 1.81. The second-order valence-corrected chi connectivity index (χ2v) is 3.01. The number of rotatable bonds is 2. The molecular formula is C9H12FNO2. The van der Waals surface area contributed by atoms with Crippen LogP contribution < -0.4 is 5.73 Å². The Labute approximate surface area is 75.6 Å². The van der Waals surface area contributed by atoms with Crippen molar-refractivity contribution < 1.29 is 14.6 Å². The zero-order valence-electron chi connectivity index (χ0n) is 7.24. The summed E-state index contributed by atoms with van der Waals surface area (Å²) in [7, 11) is 0. The van der Waals surface area contributed by atoms with Gasteiger partial charge in [-0.2, -0.15) is 0 Å². The Morgan fingerprint density at radius 1 is 1.38 bits per heavy atom. The maximum absolute atomic E-state index is 12.8. The van der Waals surface area contributed by atoms with Gasteiger partial charge in [0.05, 0.1) is 12.1 Å². The molecule has 1 aromatic rings. The third-order valence-electron chi connectivity index (χ3n) is 1.81. The molecule has 0 bridgehead atoms. The van der Waals surface area contributed by atoms with Crippen LogP contribution in [0.25, 0.3) is 0 Å². The Morgan fingerprint density at radius 3 is 2.46 bits per heavy atom. The van der Waals surface area contributed by atoms with Crippen LogP contribution in [0.4, 0.5) is 4.39 Å². The van der Waals surface area contributed by atoms with E-state index < -0.39 is 18.0 Å². The van der Waals surface area contributed by atoms with Gasteiger partial charge in [-0.15, -0.1) is 0 Å². The van der Waals surface area contributed by atoms with Gasteiger partial charge in [-0.3, -0.25) is 0 Å². The molecule has 0 heterocycles. The standard InChI is InChI=1S/C9H12FNO2/c1-5(12)9(11)6-2-7(10)4-8(13)3-6/h2-5,9,12-13H,11H2,1H3/t5-,9+/m0/s1. The number of aliphatic hydroxyl groups is 1. The van der Waals surface area contributed by atoms with Crippen LogP contribution >= 0.6 is 0 Å². The minimum Gasteiger partial charge on any atom is -0.508 e. The van der Waals surface area contributed by atoms with Gasteiger partial charge in [-0.05, 0) is 24.6 Å². The summed E-state index contributed by atoms with van der Waals surface area (Å²) < 4.78 is 12.8. The first-order valence-electron chi connectivity index (χ1n) is 3.94. The second kappa shape index (κ2) is 3.72. The average Bonchev–Trinajstić information content (AvgIpc) is 2.01. The van der Waals surface area contributed by atoms with Gasteiger partial charge in [-0.1, -0.05) is 0 Å². The van der Waals surface area contributed by atoms with E-state index in [1.54, 1.807) is 0 Å². The van der Waals surface area contributed by atoms with Crippen molar-refractivity contribution in [2.24, 2.45) is 5.73 Å². The van der Waals surface area contributed by atoms with Crippen molar-refractivity contribution in [3.8, 4) is 5.75 Å². The molecule has 0 aliphatic rings. The largest absolute Gasteiger partial charge is 0.508 e. The molecule has 3 nitrogen and oxygen atoms in total. The van der Waals surface area contributed by atoms with Gasteiger partial charge < -0.3 is 15.9 Å². The van der Waals surface area contributed by atoms with E-state index in [2.05, 4.69) is 0 Å². The zero-order valence-corrected chi connectivity index (χ0v) is 7.24. The van der Waals surface area contributed by atoms with Gasteiger partial charge in [0.15, 0.2) is 0 Å². The number of hydrogen-bond donors (Lipinski definition) is 3. The third kappa shape index (κ3) is 2.40. The number of hydrogen-bond acceptors (Lipinski definition) is 3. The highest BCUT2D eigenvalue weighted by Gasteiger charge is 2.13. The van der Waals surface area contributed by atoms with Crippen LogP contribution in [0, 0.1) is 5.82 Å². The number of phenols is 1. The molecular weight excluding hydrogens is 173 g/mol. The molecule has 4 heteroatoms. The molecule has 0 aliphatic carbocycles. The minimum atomic E-state index is -0.777. The first-order chi connectivity index (χ1) is 6.00. The minimum absolute atomic E-state index is 0.189. The van der Waals surface area contributed by atoms with E-state index in [1.165, 1.54) is 19.1 Å². The molecule has 0 fully saturated rings. The van der Waals surface area contributed by atoms with Crippen molar-refractivity contribution in [3.05, 3.63) is 29.6 Å². The Balaban J connectivity index is 3.01. The van der Waals surface area contributed by atoms with Crippen LogP contribution in [0.2, 0.25) is 0 Å². The number of phenolic OH excluding ortho intramolecular Hbond substituents is 1. The first-order valence-corrected chi connectivity index (χ1v) is 3.94. The molecule has 0 unspecified atom stereocenters. The number of aromatic hydroxyl groups is 1. The van der Waals surface area contributed by atoms with Gasteiger partial charge in [0.2, 0.25) is 0 Å². The van der Waals surface area contributed by atoms with E-state index in [-0.39, 0.29) is 5.75 Å². The van der Waals surface area contributed by atoms with Crippen LogP contribution in [0.15, 0.2) is 18.2 Å². The smallest absolute Gasteiger partial charge is 0.127 e. The predicted octanol–water partition coefficient (Wildman–Crippen LogP) is 0.912. The number of aliphatic hydroxyl groups excluding tert-OH is 1. The monoisotopic (exact) mass is 185 g/mol. The molecule has 4 N–H and O–H groups in total. The maximum Gasteiger partial charge on any atom is 0.127 e. The fraction of sp³-hybridized carbons (Fsp3) is 0.333. The summed E-state index contributed by atoms with van der Waals surface area (Å²) in [6.45, 7) is 1.51. The van der Waals surface area contributed by atoms with Crippen LogP contribution in [0.5, 0.6) is 5.75 Å². The molecule has 1 rings (SSSR count). The summed E-state index contributed by atoms with van der Waals surface area (Å²) >= 11 is 0. The summed E-state index contributed by atoms with van der Waals surface area (Å²) in [4.78, 5) is 0. The van der Waals surface area contributed by atoms with Crippen molar-refractivity contribution in [2.45, 2.75) is 19.1 Å². The normalized spacial score (nSPS) is 15.4. The van der Waals surface area contributed by atoms with E-state index in [0.717, 1.165) is 6.07 Å². The highest BCUT2D eigenvalue weighted by molar-refractivity contribution is 5.30. The topological polar surface area (TPSA) is 66.5 Å². The lowest BCUT2D eigenvalue weighted by molar-refractivity contribution is 0.164. The SMILES string of the molecule is C[C@H](O)[C@@H](N)c1cc(O)cc(F)c1. The lowest BCUT2D eigenvalue weighted by Gasteiger charge is -2.15. The molecule has 0 spiro atoms. The molecule has 0 radical (unpaired) electrons. The second-order valence-electron chi connectivity index (χ2n) is 3.01. The van der Waals surface area contributed by atoms with Crippen molar-refractivity contribution >= 4 is 0 Å². The Hall–Kier alpha value is -1.13. The molecule has 1 aromatic carbocycles. The molecule has 13 heavy (non-hydrogen) atoms. The quantitative estimate of drug-likeness (QED) is 0.641. The Bertz CT molecular complexity index is 281. The highest BCUT2D eigenvalue weighted by Crippen LogP contribution is 2.20. The lowest BCUT2D eigenvalue weighted by atomic mass is 10.0. The van der Waals surface area contributed by atoms with E-state index in [1.807, 2.05) is 0 Å². The molecule has 0 saturated carbocycles. The highest BCUT2D eigenvalue weighted by atomic mass is 19.1. The zero-order chi connectivity index (χ0) is 10.0. The van der Waals surface area contributed by atoms with Crippen LogP contribution in [-0.2, 0) is 0 Å². The fourth-order valence-corrected chi connectivity index (χ4v) is 1.07. The Morgan fingerprint density at radius 2 is 2.00 bits per heavy atom. The van der Waals surface area contributed by atoms with Crippen molar-refractivity contribution in [1.29, 1.82) is 0 Å². The summed E-state index contributed by atoms with van der Waals surface area (Å²) in [6, 6.07) is 2.83. The summed E-state index contributed by atoms with van der Waals surface area (Å²) in [6.07, 6.45) is -0.777. The van der Waals surface area contributed by atoms with Crippen molar-refractivity contribution in [3.63, 3.8) is 0 Å². The van der Waals surface area contributed by atoms with E-state index in [0.29, 0.717) is 5.56 Å². The van der Waals surface area contributed by atoms with Gasteiger partial charge in [0.25, 0.3) is 0 Å². The Kier molecular flexibility index (Phi) is 2.85. The maximum atomic E-state index is 12.8. The molecule has 0 saturated heterocycles. The number of benzene rings is 1. The first kappa shape index (κ1) is 9.95. The molecule has 0 amide bonds. The van der Waals surface area contributed by atoms with E-state index in [9.17, 15) is 4.39 Å². The number of halogens is 1. The summed E-state index contributed by atoms with van der Waals surface area (Å²) in [5.41, 5.74) is 5.93. The van der Waals surface area contributed by atoms with Crippen LogP contribution in [0.3, 0.4) is 0 Å². The van der Waals surface area contributed by atoms with Gasteiger partial charge in [0, 0.05) is 6.07 Å². The van der Waals surface area contributed by atoms with Crippen molar-refractivity contribution in [1.82, 2.24) is 0 Å². The van der Waals surface area contributed by atoms with Crippen molar-refractivity contribution in [2.75, 3.05) is 0 Å². The number of nitrogens with two attached hydrogens (primary N) is 1.